The molecule has 0 spiro atoms. The summed E-state index contributed by atoms with van der Waals surface area (Å²) in [4.78, 5) is 15.9. The molecule has 3 aromatic carbocycles. The predicted octanol–water partition coefficient (Wildman–Crippen LogP) is 5.84. The maximum atomic E-state index is 11.3. The molecule has 1 unspecified atom stereocenters. The largest absolute Gasteiger partial charge is 0.489 e. The zero-order valence-corrected chi connectivity index (χ0v) is 22.1. The smallest absolute Gasteiger partial charge is 0.304 e. The van der Waals surface area contributed by atoms with Crippen LogP contribution in [0.4, 0.5) is 0 Å². The maximum absolute atomic E-state index is 11.3. The highest BCUT2D eigenvalue weighted by Gasteiger charge is 2.27. The molecule has 9 nitrogen and oxygen atoms in total. The van der Waals surface area contributed by atoms with Gasteiger partial charge in [-0.05, 0) is 58.8 Å². The molecule has 0 saturated carbocycles. The standard InChI is InChI=1S/C28H22ClN5O4S/c29-19-4-1-16-2-5-20(30-24(16)12-19)15-37-21-6-8-25-23(13-21)27(39-10-9-26(35)36)22-7-3-17(11-18(22)14-38-25)28-31-33-34-32-28/h1-8,11-13,27H,9-10,14-15H2,(H,35,36)(H,31,32,33,34). The van der Waals surface area contributed by atoms with E-state index in [1.807, 2.05) is 66.7 Å². The van der Waals surface area contributed by atoms with Gasteiger partial charge in [-0.15, -0.1) is 22.0 Å². The summed E-state index contributed by atoms with van der Waals surface area (Å²) in [5.41, 5.74) is 5.35. The number of H-pyrrole nitrogens is 1. The Morgan fingerprint density at radius 1 is 1.10 bits per heavy atom. The topological polar surface area (TPSA) is 123 Å². The average Bonchev–Trinajstić information content (AvgIpc) is 3.43. The zero-order valence-electron chi connectivity index (χ0n) is 20.5. The fourth-order valence-corrected chi connectivity index (χ4v) is 5.97. The number of aliphatic carboxylic acids is 1. The molecule has 5 aromatic rings. The number of aromatic nitrogens is 5. The van der Waals surface area contributed by atoms with Crippen LogP contribution in [0.1, 0.15) is 34.1 Å². The molecule has 1 atom stereocenters. The van der Waals surface area contributed by atoms with Crippen LogP contribution in [-0.4, -0.2) is 42.4 Å². The van der Waals surface area contributed by atoms with Gasteiger partial charge in [0.1, 0.15) is 24.7 Å². The van der Waals surface area contributed by atoms with Crippen molar-refractivity contribution in [2.75, 3.05) is 5.75 Å². The second-order valence-electron chi connectivity index (χ2n) is 8.96. The first-order valence-corrected chi connectivity index (χ1v) is 13.6. The Morgan fingerprint density at radius 3 is 2.85 bits per heavy atom. The Hall–Kier alpha value is -4.15. The van der Waals surface area contributed by atoms with E-state index in [1.165, 1.54) is 0 Å². The van der Waals surface area contributed by atoms with Gasteiger partial charge in [-0.1, -0.05) is 35.9 Å². The highest BCUT2D eigenvalue weighted by molar-refractivity contribution is 7.99. The Morgan fingerprint density at radius 2 is 2.00 bits per heavy atom. The first-order chi connectivity index (χ1) is 19.0. The highest BCUT2D eigenvalue weighted by atomic mass is 35.5. The van der Waals surface area contributed by atoms with Crippen molar-refractivity contribution < 1.29 is 19.4 Å². The average molecular weight is 560 g/mol. The first kappa shape index (κ1) is 25.1. The van der Waals surface area contributed by atoms with Gasteiger partial charge in [0.25, 0.3) is 0 Å². The number of carbonyl (C=O) groups is 1. The number of fused-ring (bicyclic) bond motifs is 3. The van der Waals surface area contributed by atoms with Crippen molar-refractivity contribution >= 4 is 40.2 Å². The second-order valence-corrected chi connectivity index (χ2v) is 10.6. The molecule has 0 radical (unpaired) electrons. The number of benzene rings is 3. The van der Waals surface area contributed by atoms with Crippen molar-refractivity contribution in [2.24, 2.45) is 0 Å². The fourth-order valence-electron chi connectivity index (χ4n) is 4.50. The summed E-state index contributed by atoms with van der Waals surface area (Å²) in [7, 11) is 0. The summed E-state index contributed by atoms with van der Waals surface area (Å²) in [6.45, 7) is 0.636. The molecule has 2 N–H and O–H groups in total. The van der Waals surface area contributed by atoms with E-state index >= 15 is 0 Å². The number of thioether (sulfide) groups is 1. The maximum Gasteiger partial charge on any atom is 0.304 e. The molecule has 0 saturated heterocycles. The van der Waals surface area contributed by atoms with E-state index in [0.717, 1.165) is 44.6 Å². The van der Waals surface area contributed by atoms with E-state index in [4.69, 9.17) is 21.1 Å². The number of ether oxygens (including phenoxy) is 2. The third-order valence-electron chi connectivity index (χ3n) is 6.37. The van der Waals surface area contributed by atoms with Gasteiger partial charge in [-0.2, -0.15) is 5.21 Å². The third kappa shape index (κ3) is 5.52. The first-order valence-electron chi connectivity index (χ1n) is 12.2. The van der Waals surface area contributed by atoms with Crippen molar-refractivity contribution in [3.05, 3.63) is 94.1 Å². The van der Waals surface area contributed by atoms with Crippen molar-refractivity contribution in [1.82, 2.24) is 25.6 Å². The van der Waals surface area contributed by atoms with E-state index < -0.39 is 5.97 Å². The minimum absolute atomic E-state index is 0.0570. The van der Waals surface area contributed by atoms with Crippen LogP contribution in [0.25, 0.3) is 22.3 Å². The van der Waals surface area contributed by atoms with Crippen molar-refractivity contribution in [3.8, 4) is 22.9 Å². The minimum Gasteiger partial charge on any atom is -0.489 e. The van der Waals surface area contributed by atoms with Gasteiger partial charge in [-0.25, -0.2) is 4.98 Å². The molecule has 6 rings (SSSR count). The molecule has 0 aliphatic carbocycles. The Bertz CT molecular complexity index is 1660. The van der Waals surface area contributed by atoms with Crippen LogP contribution in [0, 0.1) is 0 Å². The Balaban J connectivity index is 1.29. The molecule has 11 heteroatoms. The number of nitrogens with zero attached hydrogens (tertiary/aromatic N) is 4. The lowest BCUT2D eigenvalue weighted by atomic mass is 9.97. The Labute approximate surface area is 232 Å². The Kier molecular flexibility index (Phi) is 7.04. The van der Waals surface area contributed by atoms with E-state index in [0.29, 0.717) is 29.0 Å². The van der Waals surface area contributed by atoms with Crippen LogP contribution in [0.15, 0.2) is 66.7 Å². The van der Waals surface area contributed by atoms with E-state index in [9.17, 15) is 9.90 Å². The van der Waals surface area contributed by atoms with Gasteiger partial charge in [0.15, 0.2) is 0 Å². The van der Waals surface area contributed by atoms with Crippen LogP contribution in [0.2, 0.25) is 5.02 Å². The number of halogens is 1. The lowest BCUT2D eigenvalue weighted by molar-refractivity contribution is -0.136. The van der Waals surface area contributed by atoms with Gasteiger partial charge in [0.05, 0.1) is 22.9 Å². The molecule has 0 amide bonds. The number of tetrazole rings is 1. The lowest BCUT2D eigenvalue weighted by Crippen LogP contribution is -2.04. The normalized spacial score (nSPS) is 14.2. The van der Waals surface area contributed by atoms with Gasteiger partial charge in [0.2, 0.25) is 5.82 Å². The fraction of sp³-hybridized carbons (Fsp3) is 0.179. The molecule has 0 bridgehead atoms. The van der Waals surface area contributed by atoms with Crippen molar-refractivity contribution in [2.45, 2.75) is 24.9 Å². The third-order valence-corrected chi connectivity index (χ3v) is 7.89. The molecular formula is C28H22ClN5O4S. The minimum atomic E-state index is -0.832. The second kappa shape index (κ2) is 10.9. The SMILES string of the molecule is O=C(O)CCSC1c2ccc(-c3nn[nH]n3)cc2COc2ccc(OCc3ccc4ccc(Cl)cc4n3)cc21. The molecule has 196 valence electrons. The number of carboxylic acid groups (broad SMARTS) is 1. The number of nitrogens with one attached hydrogen (secondary N) is 1. The van der Waals surface area contributed by atoms with Gasteiger partial charge in [0, 0.05) is 27.3 Å². The highest BCUT2D eigenvalue weighted by Crippen LogP contribution is 2.46. The van der Waals surface area contributed by atoms with E-state index in [2.05, 4.69) is 25.6 Å². The quantitative estimate of drug-likeness (QED) is 0.241. The number of hydrogen-bond donors (Lipinski definition) is 2. The monoisotopic (exact) mass is 559 g/mol. The summed E-state index contributed by atoms with van der Waals surface area (Å²) < 4.78 is 12.4. The van der Waals surface area contributed by atoms with Gasteiger partial charge < -0.3 is 14.6 Å². The van der Waals surface area contributed by atoms with Crippen LogP contribution in [-0.2, 0) is 18.0 Å². The van der Waals surface area contributed by atoms with E-state index in [-0.39, 0.29) is 18.3 Å². The lowest BCUT2D eigenvalue weighted by Gasteiger charge is -2.20. The van der Waals surface area contributed by atoms with Crippen LogP contribution >= 0.6 is 23.4 Å². The summed E-state index contributed by atoms with van der Waals surface area (Å²) in [5, 5.41) is 25.0. The molecule has 1 aliphatic rings. The van der Waals surface area contributed by atoms with Gasteiger partial charge in [-0.3, -0.25) is 4.79 Å². The molecule has 1 aliphatic heterocycles. The number of aromatic amines is 1. The van der Waals surface area contributed by atoms with Gasteiger partial charge >= 0.3 is 5.97 Å². The van der Waals surface area contributed by atoms with Crippen LogP contribution in [0.3, 0.4) is 0 Å². The number of hydrogen-bond acceptors (Lipinski definition) is 8. The number of pyridine rings is 1. The predicted molar refractivity (Wildman–Crippen MR) is 148 cm³/mol. The summed E-state index contributed by atoms with van der Waals surface area (Å²) in [6, 6.07) is 21.2. The molecule has 39 heavy (non-hydrogen) atoms. The molecular weight excluding hydrogens is 538 g/mol. The molecule has 3 heterocycles. The van der Waals surface area contributed by atoms with Crippen LogP contribution < -0.4 is 9.47 Å². The van der Waals surface area contributed by atoms with Crippen LogP contribution in [0.5, 0.6) is 11.5 Å². The number of rotatable bonds is 8. The van der Waals surface area contributed by atoms with Crippen molar-refractivity contribution in [3.63, 3.8) is 0 Å². The van der Waals surface area contributed by atoms with E-state index in [1.54, 1.807) is 11.8 Å². The molecule has 0 fully saturated rings. The van der Waals surface area contributed by atoms with Crippen molar-refractivity contribution in [1.29, 1.82) is 0 Å². The number of carboxylic acids is 1. The summed E-state index contributed by atoms with van der Waals surface area (Å²) >= 11 is 7.70. The summed E-state index contributed by atoms with van der Waals surface area (Å²) in [6.07, 6.45) is 0.0570. The molecule has 2 aromatic heterocycles. The zero-order chi connectivity index (χ0) is 26.8. The summed E-state index contributed by atoms with van der Waals surface area (Å²) in [5.74, 6) is 1.50.